The van der Waals surface area contributed by atoms with Crippen LogP contribution in [0.5, 0.6) is 0 Å². The van der Waals surface area contributed by atoms with Gasteiger partial charge in [-0.15, -0.1) is 0 Å². The minimum Gasteiger partial charge on any atom is -0.392 e. The van der Waals surface area contributed by atoms with E-state index in [-0.39, 0.29) is 11.4 Å². The number of aromatic nitrogens is 1. The van der Waals surface area contributed by atoms with Gasteiger partial charge in [0.1, 0.15) is 5.82 Å². The number of hydrogen-bond acceptors (Lipinski definition) is 2. The minimum atomic E-state index is -0.460. The summed E-state index contributed by atoms with van der Waals surface area (Å²) < 4.78 is 13.2. The Morgan fingerprint density at radius 1 is 1.64 bits per heavy atom. The van der Waals surface area contributed by atoms with Crippen molar-refractivity contribution in [2.24, 2.45) is 5.92 Å². The molecule has 2 rings (SSSR count). The van der Waals surface area contributed by atoms with Crippen molar-refractivity contribution >= 4 is 11.6 Å². The predicted octanol–water partition coefficient (Wildman–Crippen LogP) is 2.19. The molecule has 1 unspecified atom stereocenters. The molecular formula is C10H11ClFNO. The second-order valence-electron chi connectivity index (χ2n) is 3.69. The highest BCUT2D eigenvalue weighted by Crippen LogP contribution is 2.34. The highest BCUT2D eigenvalue weighted by molar-refractivity contribution is 6.30. The van der Waals surface area contributed by atoms with Gasteiger partial charge in [-0.25, -0.2) is 4.39 Å². The average molecular weight is 216 g/mol. The van der Waals surface area contributed by atoms with Crippen LogP contribution in [0.2, 0.25) is 5.02 Å². The number of aliphatic hydroxyl groups excluding tert-OH is 1. The second-order valence-corrected chi connectivity index (χ2v) is 4.13. The first-order valence-corrected chi connectivity index (χ1v) is 5.02. The predicted molar refractivity (Wildman–Crippen MR) is 51.6 cm³/mol. The van der Waals surface area contributed by atoms with Crippen LogP contribution in [0.1, 0.15) is 18.5 Å². The van der Waals surface area contributed by atoms with Crippen LogP contribution in [0.25, 0.3) is 0 Å². The van der Waals surface area contributed by atoms with Crippen molar-refractivity contribution < 1.29 is 9.50 Å². The summed E-state index contributed by atoms with van der Waals surface area (Å²) in [5, 5.41) is 9.88. The summed E-state index contributed by atoms with van der Waals surface area (Å²) in [6.45, 7) is 0. The van der Waals surface area contributed by atoms with Crippen LogP contribution in [0.15, 0.2) is 12.3 Å². The van der Waals surface area contributed by atoms with E-state index in [2.05, 4.69) is 4.98 Å². The molecular weight excluding hydrogens is 205 g/mol. The molecule has 1 aliphatic rings. The van der Waals surface area contributed by atoms with Crippen molar-refractivity contribution in [1.82, 2.24) is 4.98 Å². The quantitative estimate of drug-likeness (QED) is 0.839. The van der Waals surface area contributed by atoms with Gasteiger partial charge in [-0.2, -0.15) is 0 Å². The number of pyridine rings is 1. The molecule has 0 radical (unpaired) electrons. The van der Waals surface area contributed by atoms with Crippen LogP contribution >= 0.6 is 11.6 Å². The summed E-state index contributed by atoms with van der Waals surface area (Å²) in [5.74, 6) is -0.0934. The molecule has 1 heterocycles. The molecule has 1 fully saturated rings. The van der Waals surface area contributed by atoms with Gasteiger partial charge >= 0.3 is 0 Å². The fourth-order valence-corrected chi connectivity index (χ4v) is 1.58. The zero-order chi connectivity index (χ0) is 10.1. The molecule has 0 bridgehead atoms. The Labute approximate surface area is 86.7 Å². The Kier molecular flexibility index (Phi) is 2.70. The third-order valence-electron chi connectivity index (χ3n) is 2.45. The van der Waals surface area contributed by atoms with Crippen LogP contribution in [-0.4, -0.2) is 16.2 Å². The maximum atomic E-state index is 13.2. The van der Waals surface area contributed by atoms with Gasteiger partial charge in [0, 0.05) is 12.6 Å². The van der Waals surface area contributed by atoms with Crippen molar-refractivity contribution in [1.29, 1.82) is 0 Å². The molecule has 14 heavy (non-hydrogen) atoms. The Morgan fingerprint density at radius 3 is 2.93 bits per heavy atom. The molecule has 1 aromatic rings. The van der Waals surface area contributed by atoms with Crippen LogP contribution in [0, 0.1) is 11.7 Å². The summed E-state index contributed by atoms with van der Waals surface area (Å²) >= 11 is 5.56. The highest BCUT2D eigenvalue weighted by atomic mass is 35.5. The van der Waals surface area contributed by atoms with Gasteiger partial charge < -0.3 is 5.11 Å². The Balaban J connectivity index is 2.07. The van der Waals surface area contributed by atoms with Gasteiger partial charge in [-0.05, 0) is 24.8 Å². The summed E-state index contributed by atoms with van der Waals surface area (Å²) in [4.78, 5) is 3.86. The molecule has 0 aliphatic heterocycles. The lowest BCUT2D eigenvalue weighted by molar-refractivity contribution is 0.149. The number of hydrogen-bond donors (Lipinski definition) is 1. The maximum Gasteiger partial charge on any atom is 0.146 e. The molecule has 0 amide bonds. The Morgan fingerprint density at radius 2 is 2.36 bits per heavy atom. The maximum absolute atomic E-state index is 13.2. The lowest BCUT2D eigenvalue weighted by Crippen LogP contribution is -2.14. The Hall–Kier alpha value is -0.670. The first-order chi connectivity index (χ1) is 6.66. The molecule has 4 heteroatoms. The summed E-state index contributed by atoms with van der Waals surface area (Å²) in [5.41, 5.74) is 0.300. The first kappa shape index (κ1) is 9.87. The molecule has 1 atom stereocenters. The van der Waals surface area contributed by atoms with E-state index < -0.39 is 11.9 Å². The lowest BCUT2D eigenvalue weighted by atomic mass is 10.1. The van der Waals surface area contributed by atoms with Crippen molar-refractivity contribution in [3.63, 3.8) is 0 Å². The SMILES string of the molecule is OC(Cc1ncc(Cl)cc1F)C1CC1. The van der Waals surface area contributed by atoms with Gasteiger partial charge in [0.25, 0.3) is 0 Å². The monoisotopic (exact) mass is 215 g/mol. The largest absolute Gasteiger partial charge is 0.392 e. The summed E-state index contributed by atoms with van der Waals surface area (Å²) in [6.07, 6.45) is 3.30. The molecule has 0 spiro atoms. The van der Waals surface area contributed by atoms with E-state index in [9.17, 15) is 9.50 Å². The summed E-state index contributed by atoms with van der Waals surface area (Å²) in [6, 6.07) is 1.23. The van der Waals surface area contributed by atoms with E-state index in [1.54, 1.807) is 0 Å². The number of rotatable bonds is 3. The lowest BCUT2D eigenvalue weighted by Gasteiger charge is -2.08. The van der Waals surface area contributed by atoms with E-state index in [0.29, 0.717) is 11.6 Å². The highest BCUT2D eigenvalue weighted by Gasteiger charge is 2.30. The molecule has 1 saturated carbocycles. The van der Waals surface area contributed by atoms with E-state index >= 15 is 0 Å². The van der Waals surface area contributed by atoms with E-state index in [0.717, 1.165) is 12.8 Å². The number of nitrogens with zero attached hydrogens (tertiary/aromatic N) is 1. The molecule has 76 valence electrons. The Bertz CT molecular complexity index is 341. The molecule has 0 aromatic carbocycles. The van der Waals surface area contributed by atoms with E-state index in [4.69, 9.17) is 11.6 Å². The first-order valence-electron chi connectivity index (χ1n) is 4.65. The molecule has 2 nitrogen and oxygen atoms in total. The van der Waals surface area contributed by atoms with Crippen LogP contribution < -0.4 is 0 Å². The number of halogens is 2. The van der Waals surface area contributed by atoms with Gasteiger partial charge in [0.15, 0.2) is 0 Å². The fraction of sp³-hybridized carbons (Fsp3) is 0.500. The van der Waals surface area contributed by atoms with Crippen LogP contribution in [0.3, 0.4) is 0 Å². The minimum absolute atomic E-state index is 0.284. The van der Waals surface area contributed by atoms with Crippen molar-refractivity contribution in [3.05, 3.63) is 28.8 Å². The van der Waals surface area contributed by atoms with Gasteiger partial charge in [-0.3, -0.25) is 4.98 Å². The molecule has 1 aromatic heterocycles. The van der Waals surface area contributed by atoms with Gasteiger partial charge in [0.05, 0.1) is 16.8 Å². The zero-order valence-corrected chi connectivity index (χ0v) is 8.34. The molecule has 0 saturated heterocycles. The topological polar surface area (TPSA) is 33.1 Å². The van der Waals surface area contributed by atoms with Crippen molar-refractivity contribution in [2.45, 2.75) is 25.4 Å². The molecule has 1 aliphatic carbocycles. The van der Waals surface area contributed by atoms with Crippen LogP contribution in [0.4, 0.5) is 4.39 Å². The second kappa shape index (κ2) is 3.83. The fourth-order valence-electron chi connectivity index (χ4n) is 1.44. The normalized spacial score (nSPS) is 18.2. The molecule has 1 N–H and O–H groups in total. The average Bonchev–Trinajstić information content (AvgIpc) is 2.92. The van der Waals surface area contributed by atoms with E-state index in [1.165, 1.54) is 12.3 Å². The third-order valence-corrected chi connectivity index (χ3v) is 2.66. The van der Waals surface area contributed by atoms with Gasteiger partial charge in [-0.1, -0.05) is 11.6 Å². The van der Waals surface area contributed by atoms with E-state index in [1.807, 2.05) is 0 Å². The zero-order valence-electron chi connectivity index (χ0n) is 7.58. The standard InChI is InChI=1S/C10H11ClFNO/c11-7-3-8(12)9(13-5-7)4-10(14)6-1-2-6/h3,5-6,10,14H,1-2,4H2. The number of aliphatic hydroxyl groups is 1. The van der Waals surface area contributed by atoms with Gasteiger partial charge in [0.2, 0.25) is 0 Å². The van der Waals surface area contributed by atoms with Crippen LogP contribution in [-0.2, 0) is 6.42 Å². The third kappa shape index (κ3) is 2.22. The van der Waals surface area contributed by atoms with Crippen molar-refractivity contribution in [2.75, 3.05) is 0 Å². The van der Waals surface area contributed by atoms with Crippen molar-refractivity contribution in [3.8, 4) is 0 Å². The summed E-state index contributed by atoms with van der Waals surface area (Å²) in [7, 11) is 0. The smallest absolute Gasteiger partial charge is 0.146 e.